The van der Waals surface area contributed by atoms with Gasteiger partial charge in [-0.3, -0.25) is 0 Å². The van der Waals surface area contributed by atoms with E-state index in [1.807, 2.05) is 14.2 Å². The van der Waals surface area contributed by atoms with Gasteiger partial charge in [0.2, 0.25) is 0 Å². The van der Waals surface area contributed by atoms with Crippen molar-refractivity contribution in [2.75, 3.05) is 14.2 Å². The Bertz CT molecular complexity index is 374. The van der Waals surface area contributed by atoms with Gasteiger partial charge in [-0.15, -0.1) is 0 Å². The van der Waals surface area contributed by atoms with Crippen LogP contribution in [0.3, 0.4) is 0 Å². The highest BCUT2D eigenvalue weighted by Gasteiger charge is 2.36. The van der Waals surface area contributed by atoms with Crippen LogP contribution in [0.2, 0.25) is 0 Å². The van der Waals surface area contributed by atoms with E-state index in [-0.39, 0.29) is 11.6 Å². The Hall–Kier alpha value is -0.860. The second-order valence-electron chi connectivity index (χ2n) is 4.99. The molecular formula is C16H27NO. The number of likely N-dealkylation sites (N-methyl/N-ethyl adjacent to an activating group) is 1. The van der Waals surface area contributed by atoms with Gasteiger partial charge in [0.15, 0.2) is 0 Å². The van der Waals surface area contributed by atoms with E-state index in [9.17, 15) is 0 Å². The lowest BCUT2D eigenvalue weighted by Gasteiger charge is -2.39. The molecule has 1 unspecified atom stereocenters. The van der Waals surface area contributed by atoms with Gasteiger partial charge in [0.25, 0.3) is 0 Å². The van der Waals surface area contributed by atoms with Gasteiger partial charge < -0.3 is 10.1 Å². The van der Waals surface area contributed by atoms with Crippen LogP contribution >= 0.6 is 0 Å². The Balaban J connectivity index is 3.28. The van der Waals surface area contributed by atoms with E-state index in [1.54, 1.807) is 0 Å². The zero-order valence-corrected chi connectivity index (χ0v) is 12.6. The fourth-order valence-corrected chi connectivity index (χ4v) is 2.85. The molecule has 1 aromatic rings. The number of rotatable bonds is 6. The van der Waals surface area contributed by atoms with Gasteiger partial charge in [-0.1, -0.05) is 32.0 Å². The summed E-state index contributed by atoms with van der Waals surface area (Å²) < 4.78 is 5.88. The highest BCUT2D eigenvalue weighted by Crippen LogP contribution is 2.36. The summed E-state index contributed by atoms with van der Waals surface area (Å²) >= 11 is 0. The minimum absolute atomic E-state index is 0.132. The van der Waals surface area contributed by atoms with E-state index < -0.39 is 0 Å². The van der Waals surface area contributed by atoms with Crippen LogP contribution in [-0.4, -0.2) is 19.8 Å². The Morgan fingerprint density at radius 3 is 2.28 bits per heavy atom. The summed E-state index contributed by atoms with van der Waals surface area (Å²) in [6.45, 7) is 8.75. The molecule has 0 fully saturated rings. The van der Waals surface area contributed by atoms with Crippen molar-refractivity contribution < 1.29 is 4.74 Å². The van der Waals surface area contributed by atoms with Crippen LogP contribution in [0.4, 0.5) is 0 Å². The van der Waals surface area contributed by atoms with Crippen LogP contribution < -0.4 is 5.32 Å². The summed E-state index contributed by atoms with van der Waals surface area (Å²) in [7, 11) is 3.84. The normalized spacial score (nSPS) is 13.7. The summed E-state index contributed by atoms with van der Waals surface area (Å²) in [5, 5.41) is 3.46. The average Bonchev–Trinajstić information content (AvgIpc) is 2.40. The predicted molar refractivity (Wildman–Crippen MR) is 78.0 cm³/mol. The first-order chi connectivity index (χ1) is 8.56. The minimum Gasteiger partial charge on any atom is -0.376 e. The fourth-order valence-electron chi connectivity index (χ4n) is 2.85. The molecule has 0 heterocycles. The summed E-state index contributed by atoms with van der Waals surface area (Å²) in [5.74, 6) is 0. The summed E-state index contributed by atoms with van der Waals surface area (Å²) in [5.41, 5.74) is 3.92. The number of hydrogen-bond donors (Lipinski definition) is 1. The summed E-state index contributed by atoms with van der Waals surface area (Å²) in [4.78, 5) is 0. The standard InChI is InChI=1S/C16H27NO/c1-7-16(8-2,18-6)15(17-5)14-11-9-10-12(3)13(14)4/h9-11,15,17H,7-8H2,1-6H3. The molecule has 0 amide bonds. The Morgan fingerprint density at radius 2 is 1.83 bits per heavy atom. The SMILES string of the molecule is CCC(CC)(OC)C(NC)c1cccc(C)c1C. The third-order valence-electron chi connectivity index (χ3n) is 4.38. The summed E-state index contributed by atoms with van der Waals surface area (Å²) in [6.07, 6.45) is 2.00. The molecule has 0 bridgehead atoms. The zero-order chi connectivity index (χ0) is 13.8. The van der Waals surface area contributed by atoms with Crippen molar-refractivity contribution in [3.8, 4) is 0 Å². The van der Waals surface area contributed by atoms with Crippen molar-refractivity contribution in [1.29, 1.82) is 0 Å². The van der Waals surface area contributed by atoms with Gasteiger partial charge in [0.1, 0.15) is 0 Å². The predicted octanol–water partition coefficient (Wildman–Crippen LogP) is 3.77. The molecule has 0 aromatic heterocycles. The number of hydrogen-bond acceptors (Lipinski definition) is 2. The van der Waals surface area contributed by atoms with E-state index in [4.69, 9.17) is 4.74 Å². The van der Waals surface area contributed by atoms with Crippen LogP contribution in [0.5, 0.6) is 0 Å². The lowest BCUT2D eigenvalue weighted by molar-refractivity contribution is -0.0469. The van der Waals surface area contributed by atoms with Gasteiger partial charge in [-0.25, -0.2) is 0 Å². The highest BCUT2D eigenvalue weighted by molar-refractivity contribution is 5.36. The highest BCUT2D eigenvalue weighted by atomic mass is 16.5. The smallest absolute Gasteiger partial charge is 0.0867 e. The molecule has 1 atom stereocenters. The number of ether oxygens (including phenoxy) is 1. The molecule has 1 N–H and O–H groups in total. The monoisotopic (exact) mass is 249 g/mol. The van der Waals surface area contributed by atoms with E-state index >= 15 is 0 Å². The van der Waals surface area contributed by atoms with Gasteiger partial charge in [0.05, 0.1) is 11.6 Å². The first-order valence-electron chi connectivity index (χ1n) is 6.84. The molecule has 0 aliphatic rings. The van der Waals surface area contributed by atoms with Crippen LogP contribution in [0, 0.1) is 13.8 Å². The first kappa shape index (κ1) is 15.2. The number of methoxy groups -OCH3 is 1. The number of benzene rings is 1. The van der Waals surface area contributed by atoms with E-state index in [0.717, 1.165) is 12.8 Å². The first-order valence-corrected chi connectivity index (χ1v) is 6.84. The molecule has 1 rings (SSSR count). The largest absolute Gasteiger partial charge is 0.376 e. The van der Waals surface area contributed by atoms with Crippen molar-refractivity contribution in [2.24, 2.45) is 0 Å². The average molecular weight is 249 g/mol. The van der Waals surface area contributed by atoms with Crippen LogP contribution in [0.25, 0.3) is 0 Å². The molecule has 0 aliphatic heterocycles. The van der Waals surface area contributed by atoms with E-state index in [2.05, 4.69) is 51.2 Å². The molecule has 0 saturated heterocycles. The minimum atomic E-state index is -0.132. The number of aryl methyl sites for hydroxylation is 1. The third kappa shape index (κ3) is 2.60. The van der Waals surface area contributed by atoms with Gasteiger partial charge in [-0.2, -0.15) is 0 Å². The second-order valence-corrected chi connectivity index (χ2v) is 4.99. The molecule has 0 radical (unpaired) electrons. The van der Waals surface area contributed by atoms with Crippen molar-refractivity contribution in [1.82, 2.24) is 5.32 Å². The molecule has 2 nitrogen and oxygen atoms in total. The molecule has 0 aliphatic carbocycles. The quantitative estimate of drug-likeness (QED) is 0.828. The molecule has 2 heteroatoms. The Labute approximate surface area is 112 Å². The van der Waals surface area contributed by atoms with Crippen molar-refractivity contribution in [3.63, 3.8) is 0 Å². The van der Waals surface area contributed by atoms with E-state index in [0.29, 0.717) is 0 Å². The van der Waals surface area contributed by atoms with Crippen molar-refractivity contribution >= 4 is 0 Å². The molecule has 0 saturated carbocycles. The third-order valence-corrected chi connectivity index (χ3v) is 4.38. The summed E-state index contributed by atoms with van der Waals surface area (Å²) in [6, 6.07) is 6.74. The van der Waals surface area contributed by atoms with Gasteiger partial charge >= 0.3 is 0 Å². The molecule has 0 spiro atoms. The second kappa shape index (κ2) is 6.35. The van der Waals surface area contributed by atoms with Crippen LogP contribution in [-0.2, 0) is 4.74 Å². The van der Waals surface area contributed by atoms with Crippen molar-refractivity contribution in [2.45, 2.75) is 52.2 Å². The van der Waals surface area contributed by atoms with Crippen molar-refractivity contribution in [3.05, 3.63) is 34.9 Å². The maximum Gasteiger partial charge on any atom is 0.0867 e. The Morgan fingerprint density at radius 1 is 1.22 bits per heavy atom. The molecule has 102 valence electrons. The molecular weight excluding hydrogens is 222 g/mol. The van der Waals surface area contributed by atoms with Gasteiger partial charge in [0, 0.05) is 7.11 Å². The number of nitrogens with one attached hydrogen (secondary N) is 1. The van der Waals surface area contributed by atoms with Crippen LogP contribution in [0.1, 0.15) is 49.4 Å². The van der Waals surface area contributed by atoms with Gasteiger partial charge in [-0.05, 0) is 50.4 Å². The molecule has 18 heavy (non-hydrogen) atoms. The van der Waals surface area contributed by atoms with Crippen LogP contribution in [0.15, 0.2) is 18.2 Å². The molecule has 1 aromatic carbocycles. The zero-order valence-electron chi connectivity index (χ0n) is 12.6. The lowest BCUT2D eigenvalue weighted by Crippen LogP contribution is -2.44. The topological polar surface area (TPSA) is 21.3 Å². The maximum absolute atomic E-state index is 5.88. The van der Waals surface area contributed by atoms with E-state index in [1.165, 1.54) is 16.7 Å². The Kier molecular flexibility index (Phi) is 5.36. The lowest BCUT2D eigenvalue weighted by atomic mass is 9.81. The fraction of sp³-hybridized carbons (Fsp3) is 0.625. The maximum atomic E-state index is 5.88.